The first kappa shape index (κ1) is 16.2. The molecule has 1 aliphatic rings. The van der Waals surface area contributed by atoms with Crippen molar-refractivity contribution in [3.8, 4) is 0 Å². The van der Waals surface area contributed by atoms with Crippen LogP contribution >= 0.6 is 0 Å². The molecular weight excluding hydrogens is 286 g/mol. The second kappa shape index (κ2) is 7.22. The number of aromatic nitrogens is 1. The topological polar surface area (TPSA) is 71.1 Å². The van der Waals surface area contributed by atoms with Gasteiger partial charge in [-0.05, 0) is 24.3 Å². The Kier molecular flexibility index (Phi) is 5.58. The summed E-state index contributed by atoms with van der Waals surface area (Å²) in [4.78, 5) is 4.12. The van der Waals surface area contributed by atoms with E-state index in [1.807, 2.05) is 0 Å². The second-order valence-electron chi connectivity index (χ2n) is 5.93. The Labute approximate surface area is 127 Å². The normalized spacial score (nSPS) is 23.0. The predicted octanol–water partition coefficient (Wildman–Crippen LogP) is 2.62. The molecule has 1 aromatic heterocycles. The molecule has 1 heterocycles. The predicted molar refractivity (Wildman–Crippen MR) is 84.7 cm³/mol. The minimum Gasteiger partial charge on any atom is -0.387 e. The lowest BCUT2D eigenvalue weighted by molar-refractivity contribution is 0.278. The number of pyridine rings is 1. The van der Waals surface area contributed by atoms with Crippen molar-refractivity contribution < 1.29 is 8.42 Å². The Morgan fingerprint density at radius 3 is 2.67 bits per heavy atom. The lowest BCUT2D eigenvalue weighted by atomic mass is 9.81. The van der Waals surface area contributed by atoms with E-state index in [2.05, 4.69) is 21.9 Å². The molecule has 0 aliphatic heterocycles. The fourth-order valence-electron chi connectivity index (χ4n) is 2.89. The van der Waals surface area contributed by atoms with E-state index in [9.17, 15) is 8.42 Å². The molecule has 1 aliphatic carbocycles. The van der Waals surface area contributed by atoms with Crippen molar-refractivity contribution >= 4 is 15.7 Å². The van der Waals surface area contributed by atoms with Gasteiger partial charge in [0.25, 0.3) is 0 Å². The van der Waals surface area contributed by atoms with Crippen molar-refractivity contribution in [3.63, 3.8) is 0 Å². The number of hydrogen-bond acceptors (Lipinski definition) is 4. The van der Waals surface area contributed by atoms with Gasteiger partial charge in [-0.2, -0.15) is 0 Å². The first-order valence-electron chi connectivity index (χ1n) is 7.64. The van der Waals surface area contributed by atoms with Crippen LogP contribution in [0.15, 0.2) is 23.4 Å². The second-order valence-corrected chi connectivity index (χ2v) is 7.67. The average Bonchev–Trinajstić information content (AvgIpc) is 2.49. The first-order chi connectivity index (χ1) is 10.0. The molecule has 6 heteroatoms. The zero-order valence-corrected chi connectivity index (χ0v) is 13.6. The highest BCUT2D eigenvalue weighted by Gasteiger charge is 2.21. The number of nitrogens with one attached hydrogen (secondary N) is 2. The van der Waals surface area contributed by atoms with E-state index in [-0.39, 0.29) is 4.90 Å². The van der Waals surface area contributed by atoms with Crippen molar-refractivity contribution in [2.24, 2.45) is 11.8 Å². The highest BCUT2D eigenvalue weighted by molar-refractivity contribution is 7.89. The molecule has 21 heavy (non-hydrogen) atoms. The molecule has 1 aromatic rings. The van der Waals surface area contributed by atoms with Crippen LogP contribution in [0.3, 0.4) is 0 Å². The Hall–Kier alpha value is -1.14. The summed E-state index contributed by atoms with van der Waals surface area (Å²) >= 11 is 0. The van der Waals surface area contributed by atoms with Crippen LogP contribution in [0.1, 0.15) is 39.0 Å². The minimum atomic E-state index is -3.49. The van der Waals surface area contributed by atoms with Gasteiger partial charge >= 0.3 is 0 Å². The lowest BCUT2D eigenvalue weighted by Gasteiger charge is -2.26. The van der Waals surface area contributed by atoms with Crippen LogP contribution < -0.4 is 10.0 Å². The molecule has 0 aromatic carbocycles. The fraction of sp³-hybridized carbons (Fsp3) is 0.667. The molecular formula is C15H25N3O2S. The Balaban J connectivity index is 1.89. The zero-order chi connectivity index (χ0) is 15.3. The number of sulfonamides is 1. The van der Waals surface area contributed by atoms with E-state index in [1.165, 1.54) is 31.9 Å². The van der Waals surface area contributed by atoms with Crippen molar-refractivity contribution in [3.05, 3.63) is 18.5 Å². The zero-order valence-electron chi connectivity index (χ0n) is 12.8. The van der Waals surface area contributed by atoms with Gasteiger partial charge < -0.3 is 5.32 Å². The SMILES string of the molecule is CNc1ccncc1S(=O)(=O)NCCC1CCC(C)CC1. The van der Waals surface area contributed by atoms with Crippen molar-refractivity contribution in [2.45, 2.75) is 43.9 Å². The van der Waals surface area contributed by atoms with Gasteiger partial charge in [-0.3, -0.25) is 4.98 Å². The maximum Gasteiger partial charge on any atom is 0.244 e. The van der Waals surface area contributed by atoms with Gasteiger partial charge in [0, 0.05) is 26.0 Å². The molecule has 1 fully saturated rings. The summed E-state index contributed by atoms with van der Waals surface area (Å²) in [6.07, 6.45) is 8.86. The molecule has 0 bridgehead atoms. The third kappa shape index (κ3) is 4.41. The number of hydrogen-bond donors (Lipinski definition) is 2. The van der Waals surface area contributed by atoms with Gasteiger partial charge in [0.1, 0.15) is 4.90 Å². The molecule has 0 atom stereocenters. The summed E-state index contributed by atoms with van der Waals surface area (Å²) in [6.45, 7) is 2.79. The molecule has 0 radical (unpaired) electrons. The quantitative estimate of drug-likeness (QED) is 0.847. The number of rotatable bonds is 6. The van der Waals surface area contributed by atoms with Crippen LogP contribution in [0.2, 0.25) is 0 Å². The largest absolute Gasteiger partial charge is 0.387 e. The van der Waals surface area contributed by atoms with E-state index in [4.69, 9.17) is 0 Å². The van der Waals surface area contributed by atoms with E-state index in [1.54, 1.807) is 19.3 Å². The average molecular weight is 311 g/mol. The summed E-state index contributed by atoms with van der Waals surface area (Å²) < 4.78 is 27.3. The van der Waals surface area contributed by atoms with Crippen LogP contribution in [0, 0.1) is 11.8 Å². The van der Waals surface area contributed by atoms with Crippen LogP contribution in [0.25, 0.3) is 0 Å². The fourth-order valence-corrected chi connectivity index (χ4v) is 4.09. The molecule has 1 saturated carbocycles. The molecule has 0 spiro atoms. The Bertz CT molecular complexity index is 552. The highest BCUT2D eigenvalue weighted by Crippen LogP contribution is 2.30. The van der Waals surface area contributed by atoms with Crippen molar-refractivity contribution in [2.75, 3.05) is 18.9 Å². The van der Waals surface area contributed by atoms with E-state index < -0.39 is 10.0 Å². The monoisotopic (exact) mass is 311 g/mol. The minimum absolute atomic E-state index is 0.213. The molecule has 0 amide bonds. The summed E-state index contributed by atoms with van der Waals surface area (Å²) in [5, 5.41) is 2.89. The highest BCUT2D eigenvalue weighted by atomic mass is 32.2. The molecule has 5 nitrogen and oxygen atoms in total. The van der Waals surface area contributed by atoms with Gasteiger partial charge in [-0.25, -0.2) is 13.1 Å². The Morgan fingerprint density at radius 1 is 1.29 bits per heavy atom. The van der Waals surface area contributed by atoms with E-state index in [0.29, 0.717) is 18.2 Å². The smallest absolute Gasteiger partial charge is 0.244 e. The van der Waals surface area contributed by atoms with Gasteiger partial charge in [-0.15, -0.1) is 0 Å². The number of nitrogens with zero attached hydrogens (tertiary/aromatic N) is 1. The van der Waals surface area contributed by atoms with Gasteiger partial charge in [0.15, 0.2) is 0 Å². The van der Waals surface area contributed by atoms with Crippen molar-refractivity contribution in [1.29, 1.82) is 0 Å². The number of anilines is 1. The van der Waals surface area contributed by atoms with Crippen LogP contribution in [-0.2, 0) is 10.0 Å². The molecule has 2 N–H and O–H groups in total. The molecule has 0 unspecified atom stereocenters. The van der Waals surface area contributed by atoms with E-state index >= 15 is 0 Å². The van der Waals surface area contributed by atoms with Gasteiger partial charge in [0.2, 0.25) is 10.0 Å². The van der Waals surface area contributed by atoms with Crippen LogP contribution in [-0.4, -0.2) is 27.0 Å². The molecule has 118 valence electrons. The molecule has 2 rings (SSSR count). The Morgan fingerprint density at radius 2 is 2.00 bits per heavy atom. The summed E-state index contributed by atoms with van der Waals surface area (Å²) in [7, 11) is -1.78. The van der Waals surface area contributed by atoms with Crippen LogP contribution in [0.4, 0.5) is 5.69 Å². The summed E-state index contributed by atoms with van der Waals surface area (Å²) in [5.74, 6) is 1.48. The summed E-state index contributed by atoms with van der Waals surface area (Å²) in [5.41, 5.74) is 0.573. The van der Waals surface area contributed by atoms with Crippen molar-refractivity contribution in [1.82, 2.24) is 9.71 Å². The third-order valence-corrected chi connectivity index (χ3v) is 5.81. The summed E-state index contributed by atoms with van der Waals surface area (Å²) in [6, 6.07) is 1.66. The standard InChI is InChI=1S/C15H25N3O2S/c1-12-3-5-13(6-4-12)7-10-18-21(19,20)15-11-17-9-8-14(15)16-2/h8-9,11-13,18H,3-7,10H2,1-2H3,(H,16,17). The maximum atomic E-state index is 12.3. The maximum absolute atomic E-state index is 12.3. The third-order valence-electron chi connectivity index (χ3n) is 4.32. The van der Waals surface area contributed by atoms with Crippen LogP contribution in [0.5, 0.6) is 0 Å². The van der Waals surface area contributed by atoms with Gasteiger partial charge in [-0.1, -0.05) is 32.6 Å². The first-order valence-corrected chi connectivity index (χ1v) is 9.12. The molecule has 0 saturated heterocycles. The van der Waals surface area contributed by atoms with E-state index in [0.717, 1.165) is 12.3 Å². The lowest BCUT2D eigenvalue weighted by Crippen LogP contribution is -2.27. The van der Waals surface area contributed by atoms with Gasteiger partial charge in [0.05, 0.1) is 5.69 Å².